The average Bonchev–Trinajstić information content (AvgIpc) is 3.98. The van der Waals surface area contributed by atoms with Crippen molar-refractivity contribution in [2.24, 2.45) is 17.8 Å². The Kier molecular flexibility index (Phi) is 9.37. The lowest BCUT2D eigenvalue weighted by molar-refractivity contribution is -0.142. The predicted octanol–water partition coefficient (Wildman–Crippen LogP) is 3.43. The Morgan fingerprint density at radius 1 is 1.13 bits per heavy atom. The molecular weight excluding hydrogens is 691 g/mol. The van der Waals surface area contributed by atoms with Crippen LogP contribution in [0.1, 0.15) is 77.7 Å². The summed E-state index contributed by atoms with van der Waals surface area (Å²) in [6, 6.07) is 3.47. The molecule has 1 aromatic heterocycles. The van der Waals surface area contributed by atoms with Crippen LogP contribution in [-0.4, -0.2) is 88.8 Å². The number of hydrogen-bond acceptors (Lipinski definition) is 9. The van der Waals surface area contributed by atoms with Crippen LogP contribution in [0.5, 0.6) is 11.6 Å². The molecule has 2 aromatic rings. The van der Waals surface area contributed by atoms with Gasteiger partial charge in [0.15, 0.2) is 0 Å². The molecule has 4 amide bonds. The molecule has 15 heteroatoms. The van der Waals surface area contributed by atoms with Crippen LogP contribution in [0.2, 0.25) is 0 Å². The molecule has 0 bridgehead atoms. The zero-order valence-corrected chi connectivity index (χ0v) is 30.5. The molecule has 0 radical (unpaired) electrons. The number of ether oxygens (including phenoxy) is 2. The van der Waals surface area contributed by atoms with Crippen LogP contribution in [0.25, 0.3) is 10.8 Å². The van der Waals surface area contributed by atoms with Crippen molar-refractivity contribution < 1.29 is 42.2 Å². The Labute approximate surface area is 303 Å². The lowest BCUT2D eigenvalue weighted by Crippen LogP contribution is -2.59. The van der Waals surface area contributed by atoms with E-state index in [1.54, 1.807) is 13.1 Å². The molecule has 0 spiro atoms. The number of benzene rings is 1. The van der Waals surface area contributed by atoms with Gasteiger partial charge in [-0.3, -0.25) is 19.1 Å². The maximum atomic E-state index is 14.4. The van der Waals surface area contributed by atoms with Gasteiger partial charge in [0.2, 0.25) is 27.7 Å². The first-order chi connectivity index (χ1) is 24.7. The summed E-state index contributed by atoms with van der Waals surface area (Å²) in [5.74, 6) is -1.68. The molecule has 3 aliphatic heterocycles. The van der Waals surface area contributed by atoms with E-state index in [9.17, 15) is 32.7 Å². The van der Waals surface area contributed by atoms with Crippen LogP contribution >= 0.6 is 0 Å². The predicted molar refractivity (Wildman–Crippen MR) is 190 cm³/mol. The average molecular weight is 738 g/mol. The molecule has 3 fully saturated rings. The van der Waals surface area contributed by atoms with Crippen LogP contribution in [0.4, 0.5) is 4.79 Å². The third-order valence-corrected chi connectivity index (χ3v) is 13.7. The third-order valence-electron chi connectivity index (χ3n) is 11.6. The van der Waals surface area contributed by atoms with E-state index in [0.29, 0.717) is 43.6 Å². The van der Waals surface area contributed by atoms with E-state index in [2.05, 4.69) is 20.3 Å². The molecule has 2 aliphatic carbocycles. The number of aryl methyl sites for hydroxylation is 1. The molecule has 4 N–H and O–H groups in total. The molecule has 1 saturated heterocycles. The van der Waals surface area contributed by atoms with Crippen LogP contribution in [0, 0.1) is 17.8 Å². The topological polar surface area (TPSA) is 193 Å². The summed E-state index contributed by atoms with van der Waals surface area (Å²) in [5.41, 5.74) is -0.441. The molecule has 2 saturated carbocycles. The molecule has 7 atom stereocenters. The van der Waals surface area contributed by atoms with Crippen molar-refractivity contribution in [3.05, 3.63) is 42.1 Å². The maximum absolute atomic E-state index is 14.4. The standard InChI is InChI=1S/C37H47N5O9S/c1-21-7-4-5-9-24-19-37(24,34(45)41-52(48,49)36(3)13-14-36)40-31(43)28-18-25(20-42(28)33(44)29(22(2)17-21)39-35(46)47)51-32-27-11-10-23-8-6-16-50-30(23)26(27)12-15-38-32/h5,9-12,15,21-22,24-25,28-29,39H,4,6-8,13-14,16-20H2,1-3H3,(H,40,43)(H,41,45)(H,46,47)/t21-,22-,24-,25-,28+,29+,37-/m1/s1. The van der Waals surface area contributed by atoms with Crippen molar-refractivity contribution in [3.8, 4) is 11.6 Å². The Bertz CT molecular complexity index is 1930. The van der Waals surface area contributed by atoms with Gasteiger partial charge in [0.25, 0.3) is 5.91 Å². The number of amides is 4. The van der Waals surface area contributed by atoms with E-state index in [1.807, 2.05) is 44.2 Å². The zero-order chi connectivity index (χ0) is 37.0. The largest absolute Gasteiger partial charge is 0.493 e. The van der Waals surface area contributed by atoms with Crippen molar-refractivity contribution in [3.63, 3.8) is 0 Å². The highest BCUT2D eigenvalue weighted by molar-refractivity contribution is 7.91. The summed E-state index contributed by atoms with van der Waals surface area (Å²) < 4.78 is 39.9. The summed E-state index contributed by atoms with van der Waals surface area (Å²) in [6.45, 7) is 5.99. The van der Waals surface area contributed by atoms with Gasteiger partial charge in [0.1, 0.15) is 29.5 Å². The number of sulfonamides is 1. The number of rotatable bonds is 6. The fourth-order valence-electron chi connectivity index (χ4n) is 8.03. The van der Waals surface area contributed by atoms with Gasteiger partial charge < -0.3 is 30.1 Å². The van der Waals surface area contributed by atoms with Gasteiger partial charge in [-0.1, -0.05) is 32.1 Å². The minimum absolute atomic E-state index is 0.0240. The van der Waals surface area contributed by atoms with E-state index in [-0.39, 0.29) is 25.3 Å². The van der Waals surface area contributed by atoms with E-state index in [0.717, 1.165) is 36.0 Å². The van der Waals surface area contributed by atoms with Gasteiger partial charge in [-0.2, -0.15) is 0 Å². The number of aromatic nitrogens is 1. The van der Waals surface area contributed by atoms with Crippen LogP contribution in [0.3, 0.4) is 0 Å². The molecule has 14 nitrogen and oxygen atoms in total. The molecule has 4 heterocycles. The van der Waals surface area contributed by atoms with Gasteiger partial charge in [0, 0.05) is 29.3 Å². The molecule has 1 aromatic carbocycles. The summed E-state index contributed by atoms with van der Waals surface area (Å²) in [5, 5.41) is 16.6. The van der Waals surface area contributed by atoms with Crippen LogP contribution in [0.15, 0.2) is 36.5 Å². The number of nitrogens with one attached hydrogen (secondary N) is 3. The SMILES string of the molecule is C[C@@H]1CCC=C[C@@H]2C[C@@]2(C(=O)NS(=O)(=O)C2(C)CC2)NC(=O)[C@@H]2C[C@@H](Oc3nccc4c5c(ccc34)CCCO5)CN2C(=O)[C@@H](NC(=O)O)[C@H](C)C1. The quantitative estimate of drug-likeness (QED) is 0.319. The third kappa shape index (κ3) is 6.79. The molecule has 5 aliphatic rings. The molecule has 0 unspecified atom stereocenters. The fraction of sp³-hybridized carbons (Fsp3) is 0.595. The van der Waals surface area contributed by atoms with Gasteiger partial charge in [-0.05, 0) is 87.8 Å². The van der Waals surface area contributed by atoms with Gasteiger partial charge >= 0.3 is 6.09 Å². The van der Waals surface area contributed by atoms with E-state index in [4.69, 9.17) is 9.47 Å². The number of pyridine rings is 1. The lowest BCUT2D eigenvalue weighted by atomic mass is 9.88. The van der Waals surface area contributed by atoms with Gasteiger partial charge in [-0.25, -0.2) is 18.2 Å². The first-order valence-electron chi connectivity index (χ1n) is 18.3. The Balaban J connectivity index is 1.21. The van der Waals surface area contributed by atoms with E-state index < -0.39 is 74.1 Å². The molecular formula is C37H47N5O9S. The second-order valence-corrected chi connectivity index (χ2v) is 17.8. The van der Waals surface area contributed by atoms with Crippen LogP contribution < -0.4 is 24.8 Å². The fourth-order valence-corrected chi connectivity index (χ4v) is 9.34. The highest BCUT2D eigenvalue weighted by atomic mass is 32.2. The smallest absolute Gasteiger partial charge is 0.405 e. The monoisotopic (exact) mass is 737 g/mol. The van der Waals surface area contributed by atoms with Crippen molar-refractivity contribution >= 4 is 44.6 Å². The molecule has 52 heavy (non-hydrogen) atoms. The van der Waals surface area contributed by atoms with Crippen LogP contribution in [-0.2, 0) is 30.8 Å². The molecule has 7 rings (SSSR count). The normalized spacial score (nSPS) is 31.4. The van der Waals surface area contributed by atoms with E-state index in [1.165, 1.54) is 4.90 Å². The number of nitrogens with zero attached hydrogens (tertiary/aromatic N) is 2. The van der Waals surface area contributed by atoms with Crippen molar-refractivity contribution in [2.75, 3.05) is 13.2 Å². The van der Waals surface area contributed by atoms with Gasteiger partial charge in [0.05, 0.1) is 17.9 Å². The van der Waals surface area contributed by atoms with Crippen molar-refractivity contribution in [1.29, 1.82) is 0 Å². The first kappa shape index (κ1) is 36.0. The molecule has 280 valence electrons. The lowest BCUT2D eigenvalue weighted by Gasteiger charge is -2.32. The number of carboxylic acid groups (broad SMARTS) is 1. The zero-order valence-electron chi connectivity index (χ0n) is 29.7. The Morgan fingerprint density at radius 3 is 2.67 bits per heavy atom. The second-order valence-electron chi connectivity index (χ2n) is 15.6. The highest BCUT2D eigenvalue weighted by Gasteiger charge is 2.63. The number of hydrogen-bond donors (Lipinski definition) is 4. The maximum Gasteiger partial charge on any atom is 0.405 e. The first-order valence-corrected chi connectivity index (χ1v) is 19.7. The summed E-state index contributed by atoms with van der Waals surface area (Å²) in [7, 11) is -4.00. The van der Waals surface area contributed by atoms with Gasteiger partial charge in [-0.15, -0.1) is 0 Å². The summed E-state index contributed by atoms with van der Waals surface area (Å²) in [6.07, 6.45) is 8.18. The number of allylic oxidation sites excluding steroid dienone is 1. The van der Waals surface area contributed by atoms with Crippen molar-refractivity contribution in [2.45, 2.75) is 107 Å². The Morgan fingerprint density at radius 2 is 1.92 bits per heavy atom. The number of carbonyl (C=O) groups is 4. The van der Waals surface area contributed by atoms with E-state index >= 15 is 0 Å². The number of fused-ring (bicyclic) bond motifs is 5. The summed E-state index contributed by atoms with van der Waals surface area (Å²) in [4.78, 5) is 60.4. The van der Waals surface area contributed by atoms with Crippen molar-refractivity contribution in [1.82, 2.24) is 25.2 Å². The Hall–Kier alpha value is -4.40. The summed E-state index contributed by atoms with van der Waals surface area (Å²) >= 11 is 0. The minimum atomic E-state index is -4.00. The minimum Gasteiger partial charge on any atom is -0.493 e. The highest BCUT2D eigenvalue weighted by Crippen LogP contribution is 2.48. The number of carbonyl (C=O) groups excluding carboxylic acids is 3. The second kappa shape index (κ2) is 13.5.